The summed E-state index contributed by atoms with van der Waals surface area (Å²) in [4.78, 5) is 13.4. The van der Waals surface area contributed by atoms with Crippen molar-refractivity contribution in [1.29, 1.82) is 0 Å². The lowest BCUT2D eigenvalue weighted by molar-refractivity contribution is -0.135. The number of hydrogen-bond donors (Lipinski definition) is 1. The van der Waals surface area contributed by atoms with Gasteiger partial charge in [0, 0.05) is 25.9 Å². The first-order chi connectivity index (χ1) is 10.0. The van der Waals surface area contributed by atoms with E-state index in [9.17, 15) is 13.2 Å². The second kappa shape index (κ2) is 6.91. The average molecular weight is 312 g/mol. The number of likely N-dealkylation sites (tertiary alicyclic amines) is 1. The molecular formula is C14H20N2O4S. The standard InChI is InChI=1S/C14H20N2O4S/c1-20-11-14(17)16-9-5-8-13(10-16)21(18,19)15-12-6-3-2-4-7-12/h2-4,6-7,13,15H,5,8-11H2,1H3/t13-/m0/s1. The minimum absolute atomic E-state index is 0.0150. The molecule has 1 atom stereocenters. The Morgan fingerprint density at radius 2 is 2.10 bits per heavy atom. The fourth-order valence-electron chi connectivity index (χ4n) is 2.39. The number of ether oxygens (including phenoxy) is 1. The van der Waals surface area contributed by atoms with Crippen LogP contribution in [0.4, 0.5) is 5.69 Å². The Morgan fingerprint density at radius 3 is 2.76 bits per heavy atom. The molecule has 21 heavy (non-hydrogen) atoms. The lowest BCUT2D eigenvalue weighted by Crippen LogP contribution is -2.47. The summed E-state index contributed by atoms with van der Waals surface area (Å²) in [7, 11) is -2.05. The molecule has 1 aromatic rings. The number of amides is 1. The van der Waals surface area contributed by atoms with Crippen LogP contribution >= 0.6 is 0 Å². The summed E-state index contributed by atoms with van der Waals surface area (Å²) in [5, 5.41) is -0.590. The van der Waals surface area contributed by atoms with Gasteiger partial charge in [0.1, 0.15) is 6.61 Å². The minimum atomic E-state index is -3.50. The third kappa shape index (κ3) is 4.18. The van der Waals surface area contributed by atoms with Crippen LogP contribution in [0.1, 0.15) is 12.8 Å². The van der Waals surface area contributed by atoms with E-state index in [0.29, 0.717) is 25.1 Å². The largest absolute Gasteiger partial charge is 0.375 e. The first-order valence-corrected chi connectivity index (χ1v) is 8.41. The van der Waals surface area contributed by atoms with Gasteiger partial charge in [-0.3, -0.25) is 9.52 Å². The summed E-state index contributed by atoms with van der Waals surface area (Å²) in [6.07, 6.45) is 1.23. The van der Waals surface area contributed by atoms with Crippen LogP contribution < -0.4 is 4.72 Å². The Kier molecular flexibility index (Phi) is 5.19. The second-order valence-electron chi connectivity index (χ2n) is 5.05. The molecule has 0 radical (unpaired) electrons. The van der Waals surface area contributed by atoms with Crippen LogP contribution in [0.15, 0.2) is 30.3 Å². The van der Waals surface area contributed by atoms with Crippen LogP contribution in [0, 0.1) is 0 Å². The molecule has 2 rings (SSSR count). The van der Waals surface area contributed by atoms with Crippen LogP contribution in [0.25, 0.3) is 0 Å². The number of nitrogens with zero attached hydrogens (tertiary/aromatic N) is 1. The number of benzene rings is 1. The Hall–Kier alpha value is -1.60. The molecule has 0 saturated carbocycles. The summed E-state index contributed by atoms with van der Waals surface area (Å²) in [6, 6.07) is 8.77. The van der Waals surface area contributed by atoms with Crippen molar-refractivity contribution in [1.82, 2.24) is 4.90 Å². The van der Waals surface area contributed by atoms with Gasteiger partial charge in [0.2, 0.25) is 15.9 Å². The van der Waals surface area contributed by atoms with Crippen LogP contribution in [0.2, 0.25) is 0 Å². The highest BCUT2D eigenvalue weighted by Gasteiger charge is 2.32. The molecule has 6 nitrogen and oxygen atoms in total. The number of carbonyl (C=O) groups is 1. The SMILES string of the molecule is COCC(=O)N1CCC[C@H](S(=O)(=O)Nc2ccccc2)C1. The Balaban J connectivity index is 2.04. The van der Waals surface area contributed by atoms with Crippen molar-refractivity contribution >= 4 is 21.6 Å². The van der Waals surface area contributed by atoms with E-state index < -0.39 is 15.3 Å². The summed E-state index contributed by atoms with van der Waals surface area (Å²) >= 11 is 0. The first-order valence-electron chi connectivity index (χ1n) is 6.86. The maximum absolute atomic E-state index is 12.4. The quantitative estimate of drug-likeness (QED) is 0.882. The van der Waals surface area contributed by atoms with Crippen molar-refractivity contribution in [2.75, 3.05) is 31.5 Å². The second-order valence-corrected chi connectivity index (χ2v) is 7.01. The molecule has 0 aromatic heterocycles. The van der Waals surface area contributed by atoms with E-state index in [1.165, 1.54) is 7.11 Å². The van der Waals surface area contributed by atoms with E-state index in [2.05, 4.69) is 4.72 Å². The number of piperidine rings is 1. The zero-order chi connectivity index (χ0) is 15.3. The van der Waals surface area contributed by atoms with E-state index in [1.54, 1.807) is 29.2 Å². The first kappa shape index (κ1) is 15.8. The van der Waals surface area contributed by atoms with Gasteiger partial charge >= 0.3 is 0 Å². The molecule has 1 aliphatic heterocycles. The van der Waals surface area contributed by atoms with Gasteiger partial charge in [-0.2, -0.15) is 0 Å². The number of nitrogens with one attached hydrogen (secondary N) is 1. The molecule has 1 N–H and O–H groups in total. The van der Waals surface area contributed by atoms with Crippen molar-refractivity contribution < 1.29 is 17.9 Å². The highest BCUT2D eigenvalue weighted by Crippen LogP contribution is 2.20. The van der Waals surface area contributed by atoms with E-state index in [4.69, 9.17) is 4.74 Å². The van der Waals surface area contributed by atoms with Gasteiger partial charge in [-0.1, -0.05) is 18.2 Å². The molecule has 0 spiro atoms. The van der Waals surface area contributed by atoms with Crippen molar-refractivity contribution in [3.63, 3.8) is 0 Å². The minimum Gasteiger partial charge on any atom is -0.375 e. The van der Waals surface area contributed by atoms with E-state index in [1.807, 2.05) is 6.07 Å². The van der Waals surface area contributed by atoms with Gasteiger partial charge in [-0.15, -0.1) is 0 Å². The van der Waals surface area contributed by atoms with Crippen molar-refractivity contribution in [2.45, 2.75) is 18.1 Å². The van der Waals surface area contributed by atoms with Crippen molar-refractivity contribution in [3.8, 4) is 0 Å². The lowest BCUT2D eigenvalue weighted by Gasteiger charge is -2.32. The fraction of sp³-hybridized carbons (Fsp3) is 0.500. The summed E-state index contributed by atoms with van der Waals surface area (Å²) in [6.45, 7) is 0.781. The maximum Gasteiger partial charge on any atom is 0.248 e. The maximum atomic E-state index is 12.4. The van der Waals surface area contributed by atoms with Crippen LogP contribution in [0.5, 0.6) is 0 Å². The Labute approximate surface area is 125 Å². The molecule has 7 heteroatoms. The zero-order valence-electron chi connectivity index (χ0n) is 12.0. The summed E-state index contributed by atoms with van der Waals surface area (Å²) in [5.41, 5.74) is 0.540. The molecule has 1 saturated heterocycles. The van der Waals surface area contributed by atoms with Crippen molar-refractivity contribution in [2.24, 2.45) is 0 Å². The number of carbonyl (C=O) groups excluding carboxylic acids is 1. The van der Waals surface area contributed by atoms with Gasteiger partial charge in [-0.25, -0.2) is 8.42 Å². The number of rotatable bonds is 5. The number of anilines is 1. The number of methoxy groups -OCH3 is 1. The van der Waals surface area contributed by atoms with Crippen molar-refractivity contribution in [3.05, 3.63) is 30.3 Å². The number of hydrogen-bond acceptors (Lipinski definition) is 4. The van der Waals surface area contributed by atoms with Gasteiger partial charge in [0.25, 0.3) is 0 Å². The van der Waals surface area contributed by atoms with Crippen LogP contribution in [-0.4, -0.2) is 51.3 Å². The number of sulfonamides is 1. The predicted octanol–water partition coefficient (Wildman–Crippen LogP) is 1.07. The zero-order valence-corrected chi connectivity index (χ0v) is 12.8. The topological polar surface area (TPSA) is 75.7 Å². The molecule has 1 aliphatic rings. The predicted molar refractivity (Wildman–Crippen MR) is 80.5 cm³/mol. The third-order valence-corrected chi connectivity index (χ3v) is 5.25. The monoisotopic (exact) mass is 312 g/mol. The van der Waals surface area contributed by atoms with Crippen LogP contribution in [-0.2, 0) is 19.6 Å². The molecule has 0 bridgehead atoms. The Bertz CT molecular complexity index is 574. The smallest absolute Gasteiger partial charge is 0.248 e. The molecular weight excluding hydrogens is 292 g/mol. The summed E-state index contributed by atoms with van der Waals surface area (Å²) in [5.74, 6) is -0.169. The van der Waals surface area contributed by atoms with Gasteiger partial charge in [0.05, 0.1) is 5.25 Å². The fourth-order valence-corrected chi connectivity index (χ4v) is 3.87. The van der Waals surface area contributed by atoms with E-state index in [0.717, 1.165) is 0 Å². The van der Waals surface area contributed by atoms with E-state index in [-0.39, 0.29) is 19.1 Å². The molecule has 0 unspecified atom stereocenters. The van der Waals surface area contributed by atoms with Crippen LogP contribution in [0.3, 0.4) is 0 Å². The van der Waals surface area contributed by atoms with Gasteiger partial charge in [0.15, 0.2) is 0 Å². The molecule has 116 valence electrons. The average Bonchev–Trinajstić information content (AvgIpc) is 2.48. The molecule has 1 aromatic carbocycles. The molecule has 1 fully saturated rings. The van der Waals surface area contributed by atoms with Gasteiger partial charge in [-0.05, 0) is 25.0 Å². The third-order valence-electron chi connectivity index (χ3n) is 3.47. The van der Waals surface area contributed by atoms with E-state index >= 15 is 0 Å². The highest BCUT2D eigenvalue weighted by atomic mass is 32.2. The number of para-hydroxylation sites is 1. The lowest BCUT2D eigenvalue weighted by atomic mass is 10.1. The summed E-state index contributed by atoms with van der Waals surface area (Å²) < 4.78 is 32.2. The molecule has 1 heterocycles. The molecule has 0 aliphatic carbocycles. The Morgan fingerprint density at radius 1 is 1.38 bits per heavy atom. The molecule has 1 amide bonds. The van der Waals surface area contributed by atoms with Gasteiger partial charge < -0.3 is 9.64 Å². The normalized spacial score (nSPS) is 19.3. The highest BCUT2D eigenvalue weighted by molar-refractivity contribution is 7.93.